The number of carbonyl (C=O) groups is 2. The molecular weight excluding hydrogens is 246 g/mol. The Bertz CT molecular complexity index is 500. The average Bonchev–Trinajstić information content (AvgIpc) is 2.65. The van der Waals surface area contributed by atoms with E-state index in [0.717, 1.165) is 11.1 Å². The second kappa shape index (κ2) is 5.40. The van der Waals surface area contributed by atoms with Gasteiger partial charge in [0.05, 0.1) is 25.0 Å². The fourth-order valence-corrected chi connectivity index (χ4v) is 2.46. The van der Waals surface area contributed by atoms with E-state index in [4.69, 9.17) is 5.11 Å². The second-order valence-corrected chi connectivity index (χ2v) is 4.93. The van der Waals surface area contributed by atoms with Crippen LogP contribution < -0.4 is 0 Å². The molecule has 1 aliphatic rings. The molecule has 1 aromatic rings. The largest absolute Gasteiger partial charge is 0.481 e. The zero-order valence-corrected chi connectivity index (χ0v) is 10.7. The van der Waals surface area contributed by atoms with Crippen LogP contribution >= 0.6 is 0 Å². The number of aliphatic carboxylic acids is 1. The molecule has 0 spiro atoms. The highest BCUT2D eigenvalue weighted by Crippen LogP contribution is 2.29. The predicted molar refractivity (Wildman–Crippen MR) is 68.5 cm³/mol. The van der Waals surface area contributed by atoms with Gasteiger partial charge >= 0.3 is 5.97 Å². The first-order valence-corrected chi connectivity index (χ1v) is 6.23. The predicted octanol–water partition coefficient (Wildman–Crippen LogP) is 1.10. The van der Waals surface area contributed by atoms with Crippen molar-refractivity contribution in [3.8, 4) is 0 Å². The standard InChI is InChI=1S/C14H17NO4/c1-9-3-2-4-10(5-9)12(7-14(18)19)15-8-11(16)6-13(15)17/h2-5,11-12,16H,6-8H2,1H3,(H,18,19). The van der Waals surface area contributed by atoms with Gasteiger partial charge in [0.25, 0.3) is 0 Å². The van der Waals surface area contributed by atoms with Crippen molar-refractivity contribution >= 4 is 11.9 Å². The van der Waals surface area contributed by atoms with Gasteiger partial charge in [0, 0.05) is 6.54 Å². The number of β-amino-alcohol motifs (C(OH)–C–C–N with tert-alkyl or cyclic N) is 1. The smallest absolute Gasteiger partial charge is 0.305 e. The van der Waals surface area contributed by atoms with E-state index in [9.17, 15) is 14.7 Å². The van der Waals surface area contributed by atoms with E-state index in [2.05, 4.69) is 0 Å². The summed E-state index contributed by atoms with van der Waals surface area (Å²) in [6.07, 6.45) is -0.780. The Kier molecular flexibility index (Phi) is 3.85. The molecule has 19 heavy (non-hydrogen) atoms. The van der Waals surface area contributed by atoms with Crippen LogP contribution in [0, 0.1) is 6.92 Å². The summed E-state index contributed by atoms with van der Waals surface area (Å²) in [6, 6.07) is 6.95. The quantitative estimate of drug-likeness (QED) is 0.852. The third kappa shape index (κ3) is 3.12. The molecule has 0 bridgehead atoms. The molecule has 1 amide bonds. The summed E-state index contributed by atoms with van der Waals surface area (Å²) in [5.41, 5.74) is 1.81. The van der Waals surface area contributed by atoms with Gasteiger partial charge < -0.3 is 15.1 Å². The number of hydrogen-bond acceptors (Lipinski definition) is 3. The average molecular weight is 263 g/mol. The maximum absolute atomic E-state index is 11.8. The van der Waals surface area contributed by atoms with Crippen LogP contribution in [0.15, 0.2) is 24.3 Å². The van der Waals surface area contributed by atoms with E-state index < -0.39 is 18.1 Å². The van der Waals surface area contributed by atoms with Crippen molar-refractivity contribution in [2.45, 2.75) is 31.9 Å². The Morgan fingerprint density at radius 3 is 2.79 bits per heavy atom. The number of nitrogens with zero attached hydrogens (tertiary/aromatic N) is 1. The normalized spacial score (nSPS) is 20.6. The number of carboxylic acid groups (broad SMARTS) is 1. The Balaban J connectivity index is 2.30. The van der Waals surface area contributed by atoms with Crippen molar-refractivity contribution in [2.24, 2.45) is 0 Å². The Morgan fingerprint density at radius 2 is 2.26 bits per heavy atom. The first-order valence-electron chi connectivity index (χ1n) is 6.23. The number of benzene rings is 1. The van der Waals surface area contributed by atoms with Crippen molar-refractivity contribution < 1.29 is 19.8 Å². The molecule has 1 fully saturated rings. The van der Waals surface area contributed by atoms with Gasteiger partial charge in [-0.3, -0.25) is 9.59 Å². The van der Waals surface area contributed by atoms with Gasteiger partial charge in [-0.25, -0.2) is 0 Å². The summed E-state index contributed by atoms with van der Waals surface area (Å²) in [5.74, 6) is -1.15. The lowest BCUT2D eigenvalue weighted by molar-refractivity contribution is -0.139. The second-order valence-electron chi connectivity index (χ2n) is 4.93. The fourth-order valence-electron chi connectivity index (χ4n) is 2.46. The van der Waals surface area contributed by atoms with Crippen LogP contribution in [0.5, 0.6) is 0 Å². The number of amides is 1. The minimum absolute atomic E-state index is 0.0714. The molecule has 5 heteroatoms. The molecule has 1 aromatic carbocycles. The lowest BCUT2D eigenvalue weighted by Crippen LogP contribution is -2.32. The van der Waals surface area contributed by atoms with Crippen LogP contribution in [0.1, 0.15) is 30.0 Å². The highest BCUT2D eigenvalue weighted by atomic mass is 16.4. The topological polar surface area (TPSA) is 77.8 Å². The molecule has 5 nitrogen and oxygen atoms in total. The summed E-state index contributed by atoms with van der Waals surface area (Å²) in [5, 5.41) is 18.6. The van der Waals surface area contributed by atoms with Gasteiger partial charge in [-0.2, -0.15) is 0 Å². The molecule has 1 aliphatic heterocycles. The van der Waals surface area contributed by atoms with E-state index in [1.165, 1.54) is 4.90 Å². The van der Waals surface area contributed by atoms with Crippen LogP contribution in [0.3, 0.4) is 0 Å². The van der Waals surface area contributed by atoms with Gasteiger partial charge in [-0.1, -0.05) is 29.8 Å². The Hall–Kier alpha value is -1.88. The van der Waals surface area contributed by atoms with Crippen molar-refractivity contribution in [3.63, 3.8) is 0 Å². The van der Waals surface area contributed by atoms with Gasteiger partial charge in [-0.15, -0.1) is 0 Å². The van der Waals surface area contributed by atoms with E-state index >= 15 is 0 Å². The Labute approximate surface area is 111 Å². The third-order valence-electron chi connectivity index (χ3n) is 3.31. The molecular formula is C14H17NO4. The number of aryl methyl sites for hydroxylation is 1. The maximum Gasteiger partial charge on any atom is 0.305 e. The van der Waals surface area contributed by atoms with Crippen LogP contribution in [-0.4, -0.2) is 39.6 Å². The fraction of sp³-hybridized carbons (Fsp3) is 0.429. The monoisotopic (exact) mass is 263 g/mol. The summed E-state index contributed by atoms with van der Waals surface area (Å²) in [7, 11) is 0. The lowest BCUT2D eigenvalue weighted by atomic mass is 10.0. The first-order chi connectivity index (χ1) is 8.97. The van der Waals surface area contributed by atoms with Gasteiger partial charge in [-0.05, 0) is 12.5 Å². The van der Waals surface area contributed by atoms with E-state index in [1.54, 1.807) is 0 Å². The van der Waals surface area contributed by atoms with Gasteiger partial charge in [0.1, 0.15) is 0 Å². The SMILES string of the molecule is Cc1cccc(C(CC(=O)O)N2CC(O)CC2=O)c1. The number of hydrogen-bond donors (Lipinski definition) is 2. The number of likely N-dealkylation sites (tertiary alicyclic amines) is 1. The van der Waals surface area contributed by atoms with Crippen molar-refractivity contribution in [3.05, 3.63) is 35.4 Å². The minimum atomic E-state index is -0.958. The highest BCUT2D eigenvalue weighted by Gasteiger charge is 2.35. The molecule has 0 saturated carbocycles. The Morgan fingerprint density at radius 1 is 1.53 bits per heavy atom. The highest BCUT2D eigenvalue weighted by molar-refractivity contribution is 5.80. The first kappa shape index (κ1) is 13.5. The van der Waals surface area contributed by atoms with Gasteiger partial charge in [0.15, 0.2) is 0 Å². The molecule has 1 saturated heterocycles. The molecule has 2 unspecified atom stereocenters. The van der Waals surface area contributed by atoms with E-state index in [-0.39, 0.29) is 25.3 Å². The zero-order valence-electron chi connectivity index (χ0n) is 10.7. The summed E-state index contributed by atoms with van der Waals surface area (Å²) in [4.78, 5) is 24.3. The van der Waals surface area contributed by atoms with Gasteiger partial charge in [0.2, 0.25) is 5.91 Å². The van der Waals surface area contributed by atoms with E-state index in [0.29, 0.717) is 0 Å². The minimum Gasteiger partial charge on any atom is -0.481 e. The molecule has 0 radical (unpaired) electrons. The van der Waals surface area contributed by atoms with Crippen LogP contribution in [0.25, 0.3) is 0 Å². The van der Waals surface area contributed by atoms with Crippen molar-refractivity contribution in [1.29, 1.82) is 0 Å². The molecule has 1 heterocycles. The molecule has 2 rings (SSSR count). The van der Waals surface area contributed by atoms with Crippen LogP contribution in [-0.2, 0) is 9.59 Å². The molecule has 2 atom stereocenters. The summed E-state index contributed by atoms with van der Waals surface area (Å²) >= 11 is 0. The van der Waals surface area contributed by atoms with Crippen LogP contribution in [0.2, 0.25) is 0 Å². The maximum atomic E-state index is 11.8. The zero-order chi connectivity index (χ0) is 14.0. The lowest BCUT2D eigenvalue weighted by Gasteiger charge is -2.27. The molecule has 0 aliphatic carbocycles. The number of rotatable bonds is 4. The van der Waals surface area contributed by atoms with Crippen molar-refractivity contribution in [2.75, 3.05) is 6.54 Å². The molecule has 2 N–H and O–H groups in total. The van der Waals surface area contributed by atoms with Crippen molar-refractivity contribution in [1.82, 2.24) is 4.90 Å². The molecule has 0 aromatic heterocycles. The number of carboxylic acids is 1. The number of carbonyl (C=O) groups excluding carboxylic acids is 1. The summed E-state index contributed by atoms with van der Waals surface area (Å²) in [6.45, 7) is 2.12. The number of aliphatic hydroxyl groups is 1. The number of aliphatic hydroxyl groups excluding tert-OH is 1. The van der Waals surface area contributed by atoms with E-state index in [1.807, 2.05) is 31.2 Å². The van der Waals surface area contributed by atoms with Crippen LogP contribution in [0.4, 0.5) is 0 Å². The summed E-state index contributed by atoms with van der Waals surface area (Å²) < 4.78 is 0. The third-order valence-corrected chi connectivity index (χ3v) is 3.31. The molecule has 102 valence electrons.